The molecule has 4 nitrogen and oxygen atoms in total. The fraction of sp³-hybridized carbons (Fsp3) is 0.167. The molecule has 94 valence electrons. The Bertz CT molecular complexity index is 576. The van der Waals surface area contributed by atoms with Crippen LogP contribution in [-0.2, 0) is 0 Å². The average Bonchev–Trinajstić information content (AvgIpc) is 2.38. The Labute approximate surface area is 114 Å². The van der Waals surface area contributed by atoms with Crippen LogP contribution in [0.4, 0.5) is 0 Å². The predicted molar refractivity (Wildman–Crippen MR) is 70.6 cm³/mol. The van der Waals surface area contributed by atoms with Crippen LogP contribution in [0.2, 0.25) is 10.2 Å². The van der Waals surface area contributed by atoms with Crippen molar-refractivity contribution in [3.63, 3.8) is 0 Å². The van der Waals surface area contributed by atoms with Gasteiger partial charge in [-0.2, -0.15) is 0 Å². The summed E-state index contributed by atoms with van der Waals surface area (Å²) >= 11 is 12.1. The van der Waals surface area contributed by atoms with Crippen LogP contribution in [0.25, 0.3) is 11.4 Å². The molecule has 6 heteroatoms. The molecule has 0 fully saturated rings. The van der Waals surface area contributed by atoms with Gasteiger partial charge in [0.1, 0.15) is 5.15 Å². The molecule has 1 aromatic carbocycles. The van der Waals surface area contributed by atoms with E-state index in [-0.39, 0.29) is 0 Å². The molecule has 0 saturated heterocycles. The Kier molecular flexibility index (Phi) is 3.89. The molecular weight excluding hydrogens is 275 g/mol. The summed E-state index contributed by atoms with van der Waals surface area (Å²) < 4.78 is 10.4. The lowest BCUT2D eigenvalue weighted by molar-refractivity contribution is 0.355. The molecule has 0 aliphatic heterocycles. The summed E-state index contributed by atoms with van der Waals surface area (Å²) in [5, 5.41) is 0.741. The largest absolute Gasteiger partial charge is 0.493 e. The van der Waals surface area contributed by atoms with Gasteiger partial charge in [-0.15, -0.1) is 0 Å². The van der Waals surface area contributed by atoms with Crippen LogP contribution in [0, 0.1) is 0 Å². The topological polar surface area (TPSA) is 44.2 Å². The number of aromatic nitrogens is 2. The molecule has 2 aromatic rings. The molecule has 0 aliphatic rings. The zero-order valence-corrected chi connectivity index (χ0v) is 11.3. The molecule has 0 unspecified atom stereocenters. The average molecular weight is 285 g/mol. The highest BCUT2D eigenvalue weighted by Gasteiger charge is 2.16. The molecule has 0 aliphatic carbocycles. The van der Waals surface area contributed by atoms with Gasteiger partial charge in [0.2, 0.25) is 0 Å². The third-order valence-electron chi connectivity index (χ3n) is 2.35. The summed E-state index contributed by atoms with van der Waals surface area (Å²) in [5.41, 5.74) is 0.636. The molecule has 1 heterocycles. The van der Waals surface area contributed by atoms with E-state index in [0.29, 0.717) is 33.1 Å². The van der Waals surface area contributed by atoms with Crippen LogP contribution in [0.3, 0.4) is 0 Å². The van der Waals surface area contributed by atoms with Crippen LogP contribution in [-0.4, -0.2) is 24.2 Å². The minimum absolute atomic E-state index is 0.353. The molecular formula is C12H10Cl2N2O2. The van der Waals surface area contributed by atoms with Gasteiger partial charge in [-0.05, 0) is 18.2 Å². The summed E-state index contributed by atoms with van der Waals surface area (Å²) in [6, 6.07) is 5.10. The summed E-state index contributed by atoms with van der Waals surface area (Å²) in [5.74, 6) is 1.43. The van der Waals surface area contributed by atoms with E-state index < -0.39 is 0 Å². The van der Waals surface area contributed by atoms with Crippen molar-refractivity contribution in [1.82, 2.24) is 9.97 Å². The summed E-state index contributed by atoms with van der Waals surface area (Å²) in [7, 11) is 3.07. The number of methoxy groups -OCH3 is 2. The van der Waals surface area contributed by atoms with Crippen LogP contribution in [0.15, 0.2) is 24.4 Å². The number of hydrogen-bond donors (Lipinski definition) is 0. The van der Waals surface area contributed by atoms with E-state index in [2.05, 4.69) is 9.97 Å². The minimum atomic E-state index is 0.353. The molecule has 2 rings (SSSR count). The Morgan fingerprint density at radius 2 is 1.83 bits per heavy atom. The maximum atomic E-state index is 6.25. The molecule has 0 saturated carbocycles. The Balaban J connectivity index is 2.59. The van der Waals surface area contributed by atoms with Gasteiger partial charge < -0.3 is 9.47 Å². The van der Waals surface area contributed by atoms with Gasteiger partial charge in [-0.25, -0.2) is 9.97 Å². The van der Waals surface area contributed by atoms with E-state index in [9.17, 15) is 0 Å². The van der Waals surface area contributed by atoms with E-state index in [1.165, 1.54) is 7.11 Å². The third-order valence-corrected chi connectivity index (χ3v) is 2.93. The second-order valence-electron chi connectivity index (χ2n) is 3.37. The molecule has 0 spiro atoms. The first-order chi connectivity index (χ1) is 8.67. The van der Waals surface area contributed by atoms with E-state index in [1.54, 1.807) is 31.5 Å². The predicted octanol–water partition coefficient (Wildman–Crippen LogP) is 3.47. The molecule has 0 N–H and O–H groups in total. The number of benzene rings is 1. The quantitative estimate of drug-likeness (QED) is 0.810. The molecule has 0 amide bonds. The first kappa shape index (κ1) is 12.9. The Hall–Kier alpha value is -1.52. The number of rotatable bonds is 3. The van der Waals surface area contributed by atoms with Crippen molar-refractivity contribution >= 4 is 23.2 Å². The standard InChI is InChI=1S/C12H10Cl2N2O2/c1-17-8-4-3-7(10(14)11(8)18-2)12-15-6-5-9(13)16-12/h3-6H,1-2H3. The normalized spacial score (nSPS) is 10.2. The zero-order valence-electron chi connectivity index (χ0n) is 9.78. The fourth-order valence-electron chi connectivity index (χ4n) is 1.53. The van der Waals surface area contributed by atoms with E-state index in [0.717, 1.165) is 0 Å². The van der Waals surface area contributed by atoms with Crippen LogP contribution >= 0.6 is 23.2 Å². The Morgan fingerprint density at radius 3 is 2.44 bits per heavy atom. The van der Waals surface area contributed by atoms with Crippen molar-refractivity contribution in [2.45, 2.75) is 0 Å². The van der Waals surface area contributed by atoms with Crippen LogP contribution in [0.1, 0.15) is 0 Å². The Morgan fingerprint density at radius 1 is 1.06 bits per heavy atom. The van der Waals surface area contributed by atoms with E-state index in [4.69, 9.17) is 32.7 Å². The van der Waals surface area contributed by atoms with Gasteiger partial charge in [0, 0.05) is 11.8 Å². The first-order valence-electron chi connectivity index (χ1n) is 5.06. The van der Waals surface area contributed by atoms with Crippen molar-refractivity contribution in [2.24, 2.45) is 0 Å². The second-order valence-corrected chi connectivity index (χ2v) is 4.13. The van der Waals surface area contributed by atoms with Gasteiger partial charge in [0.25, 0.3) is 0 Å². The summed E-state index contributed by atoms with van der Waals surface area (Å²) in [4.78, 5) is 8.23. The van der Waals surface area contributed by atoms with Gasteiger partial charge in [-0.3, -0.25) is 0 Å². The number of halogens is 2. The molecule has 0 radical (unpaired) electrons. The van der Waals surface area contributed by atoms with Gasteiger partial charge in [0.15, 0.2) is 17.3 Å². The second kappa shape index (κ2) is 5.42. The smallest absolute Gasteiger partial charge is 0.180 e. The van der Waals surface area contributed by atoms with Gasteiger partial charge >= 0.3 is 0 Å². The van der Waals surface area contributed by atoms with Crippen molar-refractivity contribution in [3.8, 4) is 22.9 Å². The van der Waals surface area contributed by atoms with Gasteiger partial charge in [0.05, 0.1) is 19.2 Å². The summed E-state index contributed by atoms with van der Waals surface area (Å²) in [6.45, 7) is 0. The SMILES string of the molecule is COc1ccc(-c2nccc(Cl)n2)c(Cl)c1OC. The maximum absolute atomic E-state index is 6.25. The van der Waals surface area contributed by atoms with Crippen molar-refractivity contribution < 1.29 is 9.47 Å². The zero-order chi connectivity index (χ0) is 13.1. The van der Waals surface area contributed by atoms with Crippen molar-refractivity contribution in [2.75, 3.05) is 14.2 Å². The highest BCUT2D eigenvalue weighted by molar-refractivity contribution is 6.35. The molecule has 18 heavy (non-hydrogen) atoms. The lowest BCUT2D eigenvalue weighted by Crippen LogP contribution is -1.95. The van der Waals surface area contributed by atoms with E-state index >= 15 is 0 Å². The third kappa shape index (κ3) is 2.35. The number of nitrogens with zero attached hydrogens (tertiary/aromatic N) is 2. The summed E-state index contributed by atoms with van der Waals surface area (Å²) in [6.07, 6.45) is 1.57. The number of ether oxygens (including phenoxy) is 2. The lowest BCUT2D eigenvalue weighted by atomic mass is 10.2. The fourth-order valence-corrected chi connectivity index (χ4v) is 1.98. The monoisotopic (exact) mass is 284 g/mol. The van der Waals surface area contributed by atoms with Crippen molar-refractivity contribution in [3.05, 3.63) is 34.6 Å². The highest BCUT2D eigenvalue weighted by atomic mass is 35.5. The number of hydrogen-bond acceptors (Lipinski definition) is 4. The molecule has 0 bridgehead atoms. The lowest BCUT2D eigenvalue weighted by Gasteiger charge is -2.11. The van der Waals surface area contributed by atoms with E-state index in [1.807, 2.05) is 0 Å². The maximum Gasteiger partial charge on any atom is 0.180 e. The van der Waals surface area contributed by atoms with Crippen LogP contribution in [0.5, 0.6) is 11.5 Å². The minimum Gasteiger partial charge on any atom is -0.493 e. The van der Waals surface area contributed by atoms with Crippen molar-refractivity contribution in [1.29, 1.82) is 0 Å². The van der Waals surface area contributed by atoms with Crippen LogP contribution < -0.4 is 9.47 Å². The first-order valence-corrected chi connectivity index (χ1v) is 5.82. The molecule has 1 aromatic heterocycles. The highest BCUT2D eigenvalue weighted by Crippen LogP contribution is 2.40. The van der Waals surface area contributed by atoms with Gasteiger partial charge in [-0.1, -0.05) is 23.2 Å². The molecule has 0 atom stereocenters.